The van der Waals surface area contributed by atoms with Crippen LogP contribution in [0.3, 0.4) is 0 Å². The van der Waals surface area contributed by atoms with E-state index in [0.29, 0.717) is 5.92 Å². The molecule has 0 saturated carbocycles. The van der Waals surface area contributed by atoms with Gasteiger partial charge in [0.05, 0.1) is 5.92 Å². The predicted octanol–water partition coefficient (Wildman–Crippen LogP) is 3.77. The average molecular weight is 216 g/mol. The molecule has 1 aromatic carbocycles. The molecule has 86 valence electrons. The molecule has 1 nitrogen and oxygen atoms in total. The van der Waals surface area contributed by atoms with E-state index in [2.05, 4.69) is 53.2 Å². The van der Waals surface area contributed by atoms with Crippen LogP contribution in [0.4, 0.5) is 5.69 Å². The summed E-state index contributed by atoms with van der Waals surface area (Å²) in [5.74, 6) is 0.568. The maximum atomic E-state index is 2.37. The van der Waals surface area contributed by atoms with Gasteiger partial charge in [0.2, 0.25) is 5.69 Å². The minimum atomic E-state index is 0.568. The molecule has 1 unspecified atom stereocenters. The topological polar surface area (TPSA) is 3.01 Å². The molecule has 2 rings (SSSR count). The van der Waals surface area contributed by atoms with Crippen LogP contribution in [0, 0.1) is 27.7 Å². The summed E-state index contributed by atoms with van der Waals surface area (Å²) in [4.78, 5) is 0. The summed E-state index contributed by atoms with van der Waals surface area (Å²) in [6.07, 6.45) is 0. The SMILES string of the molecule is CC1=[N+](C)c2c(C)c(C)c(C)c(C)c2C1C. The van der Waals surface area contributed by atoms with E-state index in [1.54, 1.807) is 5.56 Å². The zero-order valence-corrected chi connectivity index (χ0v) is 11.5. The van der Waals surface area contributed by atoms with Crippen LogP contribution in [-0.4, -0.2) is 17.3 Å². The number of hydrogen-bond acceptors (Lipinski definition) is 0. The highest BCUT2D eigenvalue weighted by Gasteiger charge is 2.35. The number of benzene rings is 1. The van der Waals surface area contributed by atoms with Crippen LogP contribution in [-0.2, 0) is 0 Å². The van der Waals surface area contributed by atoms with Crippen molar-refractivity contribution in [3.63, 3.8) is 0 Å². The third kappa shape index (κ3) is 1.20. The molecule has 0 aliphatic carbocycles. The Labute approximate surface area is 98.8 Å². The highest BCUT2D eigenvalue weighted by Crippen LogP contribution is 2.41. The Morgan fingerprint density at radius 2 is 1.31 bits per heavy atom. The van der Waals surface area contributed by atoms with Crippen LogP contribution in [0.5, 0.6) is 0 Å². The van der Waals surface area contributed by atoms with E-state index < -0.39 is 0 Å². The molecule has 0 aromatic heterocycles. The van der Waals surface area contributed by atoms with Crippen molar-refractivity contribution in [2.45, 2.75) is 47.5 Å². The van der Waals surface area contributed by atoms with Gasteiger partial charge in [-0.3, -0.25) is 0 Å². The van der Waals surface area contributed by atoms with Crippen molar-refractivity contribution < 1.29 is 4.58 Å². The molecule has 1 aliphatic rings. The number of rotatable bonds is 0. The standard InChI is InChI=1S/C15H22N/c1-8-9(2)11(4)15-14(10(8)3)12(5)13(6)16(15)7/h12H,1-7H3/q+1. The van der Waals surface area contributed by atoms with E-state index in [1.807, 2.05) is 0 Å². The fourth-order valence-corrected chi connectivity index (χ4v) is 2.96. The number of hydrogen-bond donors (Lipinski definition) is 0. The van der Waals surface area contributed by atoms with E-state index >= 15 is 0 Å². The maximum Gasteiger partial charge on any atom is 0.212 e. The first-order valence-corrected chi connectivity index (χ1v) is 6.05. The molecule has 0 N–H and O–H groups in total. The molecular formula is C15H22N+. The van der Waals surface area contributed by atoms with Crippen LogP contribution >= 0.6 is 0 Å². The Kier molecular flexibility index (Phi) is 2.45. The Balaban J connectivity index is 2.89. The van der Waals surface area contributed by atoms with Gasteiger partial charge in [0, 0.05) is 18.1 Å². The minimum absolute atomic E-state index is 0.568. The minimum Gasteiger partial charge on any atom is -0.202 e. The van der Waals surface area contributed by atoms with Gasteiger partial charge < -0.3 is 0 Å². The largest absolute Gasteiger partial charge is 0.212 e. The van der Waals surface area contributed by atoms with E-state index in [4.69, 9.17) is 0 Å². The van der Waals surface area contributed by atoms with Crippen molar-refractivity contribution in [2.24, 2.45) is 0 Å². The lowest BCUT2D eigenvalue weighted by molar-refractivity contribution is -0.403. The molecule has 0 amide bonds. The summed E-state index contributed by atoms with van der Waals surface area (Å²) in [5, 5.41) is 0. The summed E-state index contributed by atoms with van der Waals surface area (Å²) in [7, 11) is 2.19. The van der Waals surface area contributed by atoms with Crippen LogP contribution in [0.2, 0.25) is 0 Å². The second-order valence-corrected chi connectivity index (χ2v) is 5.18. The van der Waals surface area contributed by atoms with Gasteiger partial charge in [-0.25, -0.2) is 4.58 Å². The van der Waals surface area contributed by atoms with Gasteiger partial charge in [0.15, 0.2) is 5.71 Å². The molecule has 0 fully saturated rings. The summed E-state index contributed by atoms with van der Waals surface area (Å²) < 4.78 is 2.37. The van der Waals surface area contributed by atoms with Crippen molar-refractivity contribution in [1.29, 1.82) is 0 Å². The van der Waals surface area contributed by atoms with E-state index in [9.17, 15) is 0 Å². The van der Waals surface area contributed by atoms with Crippen molar-refractivity contribution >= 4 is 11.4 Å². The Hall–Kier alpha value is -1.11. The molecular weight excluding hydrogens is 194 g/mol. The zero-order chi connectivity index (χ0) is 12.2. The normalized spacial score (nSPS) is 19.3. The van der Waals surface area contributed by atoms with E-state index in [-0.39, 0.29) is 0 Å². The molecule has 0 bridgehead atoms. The van der Waals surface area contributed by atoms with Gasteiger partial charge in [0.1, 0.15) is 7.05 Å². The Bertz CT molecular complexity index is 507. The molecule has 1 atom stereocenters. The van der Waals surface area contributed by atoms with Crippen molar-refractivity contribution in [3.05, 3.63) is 27.8 Å². The molecule has 16 heavy (non-hydrogen) atoms. The molecule has 0 saturated heterocycles. The highest BCUT2D eigenvalue weighted by atomic mass is 15.0. The molecule has 1 heterocycles. The van der Waals surface area contributed by atoms with Gasteiger partial charge >= 0.3 is 0 Å². The summed E-state index contributed by atoms with van der Waals surface area (Å²) in [5.41, 5.74) is 10.3. The number of nitrogens with zero attached hydrogens (tertiary/aromatic N) is 1. The van der Waals surface area contributed by atoms with Gasteiger partial charge in [-0.15, -0.1) is 0 Å². The molecule has 1 aromatic rings. The molecule has 0 spiro atoms. The Morgan fingerprint density at radius 1 is 0.812 bits per heavy atom. The second kappa shape index (κ2) is 3.44. The molecule has 0 radical (unpaired) electrons. The lowest BCUT2D eigenvalue weighted by atomic mass is 9.87. The predicted molar refractivity (Wildman–Crippen MR) is 70.3 cm³/mol. The van der Waals surface area contributed by atoms with Crippen molar-refractivity contribution in [2.75, 3.05) is 7.05 Å². The first-order valence-electron chi connectivity index (χ1n) is 6.05. The lowest BCUT2D eigenvalue weighted by Gasteiger charge is -2.14. The van der Waals surface area contributed by atoms with Crippen molar-refractivity contribution in [1.82, 2.24) is 0 Å². The third-order valence-electron chi connectivity index (χ3n) is 4.63. The number of fused-ring (bicyclic) bond motifs is 1. The maximum absolute atomic E-state index is 2.37. The van der Waals surface area contributed by atoms with Gasteiger partial charge in [-0.1, -0.05) is 0 Å². The summed E-state index contributed by atoms with van der Waals surface area (Å²) >= 11 is 0. The summed E-state index contributed by atoms with van der Waals surface area (Å²) in [6, 6.07) is 0. The fraction of sp³-hybridized carbons (Fsp3) is 0.533. The van der Waals surface area contributed by atoms with Crippen LogP contribution in [0.15, 0.2) is 0 Å². The average Bonchev–Trinajstić information content (AvgIpc) is 2.48. The van der Waals surface area contributed by atoms with Gasteiger partial charge in [-0.2, -0.15) is 0 Å². The third-order valence-corrected chi connectivity index (χ3v) is 4.63. The van der Waals surface area contributed by atoms with Gasteiger partial charge in [-0.05, 0) is 51.3 Å². The molecule has 1 aliphatic heterocycles. The first kappa shape index (κ1) is 11.4. The highest BCUT2D eigenvalue weighted by molar-refractivity contribution is 5.91. The summed E-state index contributed by atoms with van der Waals surface area (Å²) in [6.45, 7) is 13.6. The fourth-order valence-electron chi connectivity index (χ4n) is 2.96. The zero-order valence-electron chi connectivity index (χ0n) is 11.5. The van der Waals surface area contributed by atoms with E-state index in [0.717, 1.165) is 0 Å². The monoisotopic (exact) mass is 216 g/mol. The van der Waals surface area contributed by atoms with Crippen molar-refractivity contribution in [3.8, 4) is 0 Å². The Morgan fingerprint density at radius 3 is 1.88 bits per heavy atom. The van der Waals surface area contributed by atoms with Gasteiger partial charge in [0.25, 0.3) is 0 Å². The second-order valence-electron chi connectivity index (χ2n) is 5.18. The quantitative estimate of drug-likeness (QED) is 0.581. The first-order chi connectivity index (χ1) is 7.37. The molecule has 1 heteroatoms. The van der Waals surface area contributed by atoms with Crippen LogP contribution in [0.1, 0.15) is 47.6 Å². The van der Waals surface area contributed by atoms with E-state index in [1.165, 1.54) is 33.7 Å². The smallest absolute Gasteiger partial charge is 0.202 e. The van der Waals surface area contributed by atoms with Crippen LogP contribution in [0.25, 0.3) is 0 Å². The lowest BCUT2D eigenvalue weighted by Crippen LogP contribution is -2.07. The van der Waals surface area contributed by atoms with Crippen LogP contribution < -0.4 is 0 Å².